The zero-order valence-electron chi connectivity index (χ0n) is 11.7. The first-order valence-electron chi connectivity index (χ1n) is 6.36. The number of esters is 1. The summed E-state index contributed by atoms with van der Waals surface area (Å²) in [4.78, 5) is 11.2. The minimum Gasteiger partial charge on any atom is -0.463 e. The summed E-state index contributed by atoms with van der Waals surface area (Å²) in [7, 11) is 1.26. The lowest BCUT2D eigenvalue weighted by atomic mass is 10.1. The number of hydrogen-bond acceptors (Lipinski definition) is 4. The first-order valence-corrected chi connectivity index (χ1v) is 6.36. The Morgan fingerprint density at radius 3 is 2.81 bits per heavy atom. The summed E-state index contributed by atoms with van der Waals surface area (Å²) in [5.41, 5.74) is 0.231. The van der Waals surface area contributed by atoms with Crippen molar-refractivity contribution in [3.05, 3.63) is 59.1 Å². The molecule has 0 bridgehead atoms. The van der Waals surface area contributed by atoms with E-state index in [4.69, 9.17) is 4.42 Å². The van der Waals surface area contributed by atoms with Crippen molar-refractivity contribution in [1.29, 1.82) is 0 Å². The zero-order valence-corrected chi connectivity index (χ0v) is 11.7. The number of halogens is 2. The van der Waals surface area contributed by atoms with Crippen molar-refractivity contribution < 1.29 is 22.7 Å². The molecule has 0 saturated carbocycles. The van der Waals surface area contributed by atoms with Gasteiger partial charge in [-0.3, -0.25) is 0 Å². The topological polar surface area (TPSA) is 51.5 Å². The number of nitrogens with one attached hydrogen (secondary N) is 1. The maximum Gasteiger partial charge on any atom is 0.373 e. The molecule has 4 nitrogen and oxygen atoms in total. The Morgan fingerprint density at radius 2 is 2.10 bits per heavy atom. The Labute approximate surface area is 120 Å². The Morgan fingerprint density at radius 1 is 1.33 bits per heavy atom. The minimum absolute atomic E-state index is 0.0962. The van der Waals surface area contributed by atoms with Crippen LogP contribution < -0.4 is 5.32 Å². The molecule has 1 heterocycles. The predicted molar refractivity (Wildman–Crippen MR) is 71.7 cm³/mol. The third kappa shape index (κ3) is 3.66. The van der Waals surface area contributed by atoms with Crippen LogP contribution >= 0.6 is 0 Å². The van der Waals surface area contributed by atoms with Crippen molar-refractivity contribution in [1.82, 2.24) is 5.32 Å². The minimum atomic E-state index is -0.564. The molecule has 0 fully saturated rings. The van der Waals surface area contributed by atoms with Gasteiger partial charge in [-0.1, -0.05) is 0 Å². The van der Waals surface area contributed by atoms with Gasteiger partial charge in [0.05, 0.1) is 13.7 Å². The summed E-state index contributed by atoms with van der Waals surface area (Å²) in [5.74, 6) is -0.944. The lowest BCUT2D eigenvalue weighted by molar-refractivity contribution is 0.0563. The summed E-state index contributed by atoms with van der Waals surface area (Å²) < 4.78 is 36.5. The fourth-order valence-corrected chi connectivity index (χ4v) is 1.89. The molecular weight excluding hydrogens is 280 g/mol. The van der Waals surface area contributed by atoms with Gasteiger partial charge in [0.25, 0.3) is 0 Å². The predicted octanol–water partition coefficient (Wildman–Crippen LogP) is 3.20. The van der Waals surface area contributed by atoms with Gasteiger partial charge in [0.1, 0.15) is 17.4 Å². The van der Waals surface area contributed by atoms with Gasteiger partial charge in [-0.15, -0.1) is 0 Å². The van der Waals surface area contributed by atoms with Gasteiger partial charge in [-0.05, 0) is 37.3 Å². The highest BCUT2D eigenvalue weighted by Crippen LogP contribution is 2.19. The normalized spacial score (nSPS) is 12.2. The molecule has 1 unspecified atom stereocenters. The second kappa shape index (κ2) is 6.49. The molecule has 21 heavy (non-hydrogen) atoms. The average molecular weight is 295 g/mol. The van der Waals surface area contributed by atoms with Crippen LogP contribution in [-0.4, -0.2) is 13.1 Å². The molecule has 0 spiro atoms. The molecule has 112 valence electrons. The van der Waals surface area contributed by atoms with E-state index in [9.17, 15) is 13.6 Å². The highest BCUT2D eigenvalue weighted by Gasteiger charge is 2.14. The van der Waals surface area contributed by atoms with Crippen LogP contribution in [0, 0.1) is 11.6 Å². The second-order valence-corrected chi connectivity index (χ2v) is 4.53. The van der Waals surface area contributed by atoms with Crippen molar-refractivity contribution >= 4 is 5.97 Å². The van der Waals surface area contributed by atoms with E-state index in [2.05, 4.69) is 10.1 Å². The van der Waals surface area contributed by atoms with Gasteiger partial charge in [0.2, 0.25) is 5.76 Å². The van der Waals surface area contributed by atoms with Crippen LogP contribution in [0.1, 0.15) is 34.8 Å². The van der Waals surface area contributed by atoms with E-state index in [0.717, 1.165) is 18.2 Å². The molecule has 1 aromatic heterocycles. The number of benzene rings is 1. The fraction of sp³-hybridized carbons (Fsp3) is 0.267. The molecule has 1 aromatic carbocycles. The molecule has 2 rings (SSSR count). The first kappa shape index (κ1) is 15.2. The molecule has 6 heteroatoms. The lowest BCUT2D eigenvalue weighted by Crippen LogP contribution is -2.19. The van der Waals surface area contributed by atoms with Crippen LogP contribution in [-0.2, 0) is 11.3 Å². The summed E-state index contributed by atoms with van der Waals surface area (Å²) in [6.45, 7) is 1.98. The highest BCUT2D eigenvalue weighted by molar-refractivity contribution is 5.86. The van der Waals surface area contributed by atoms with Gasteiger partial charge in [-0.2, -0.15) is 0 Å². The average Bonchev–Trinajstić information content (AvgIpc) is 2.95. The van der Waals surface area contributed by atoms with Crippen molar-refractivity contribution in [2.24, 2.45) is 0 Å². The van der Waals surface area contributed by atoms with E-state index in [1.54, 1.807) is 13.0 Å². The molecule has 1 atom stereocenters. The monoisotopic (exact) mass is 295 g/mol. The van der Waals surface area contributed by atoms with Gasteiger partial charge >= 0.3 is 5.97 Å². The van der Waals surface area contributed by atoms with Crippen LogP contribution in [0.15, 0.2) is 34.7 Å². The lowest BCUT2D eigenvalue weighted by Gasteiger charge is -2.14. The van der Waals surface area contributed by atoms with Gasteiger partial charge in [0, 0.05) is 11.6 Å². The smallest absolute Gasteiger partial charge is 0.373 e. The van der Waals surface area contributed by atoms with E-state index in [0.29, 0.717) is 5.76 Å². The fourth-order valence-electron chi connectivity index (χ4n) is 1.89. The van der Waals surface area contributed by atoms with E-state index >= 15 is 0 Å². The van der Waals surface area contributed by atoms with Crippen LogP contribution in [0.5, 0.6) is 0 Å². The number of ether oxygens (including phenoxy) is 1. The van der Waals surface area contributed by atoms with E-state index in [1.165, 1.54) is 13.2 Å². The third-order valence-corrected chi connectivity index (χ3v) is 3.06. The second-order valence-electron chi connectivity index (χ2n) is 4.53. The van der Waals surface area contributed by atoms with Crippen molar-refractivity contribution in [2.45, 2.75) is 19.5 Å². The maximum absolute atomic E-state index is 13.6. The molecule has 0 aliphatic heterocycles. The number of rotatable bonds is 5. The van der Waals surface area contributed by atoms with Crippen LogP contribution in [0.2, 0.25) is 0 Å². The number of methoxy groups -OCH3 is 1. The number of carbonyl (C=O) groups is 1. The van der Waals surface area contributed by atoms with Gasteiger partial charge in [-0.25, -0.2) is 13.6 Å². The summed E-state index contributed by atoms with van der Waals surface area (Å²) >= 11 is 0. The molecule has 2 aromatic rings. The highest BCUT2D eigenvalue weighted by atomic mass is 19.1. The van der Waals surface area contributed by atoms with Gasteiger partial charge in [0.15, 0.2) is 0 Å². The molecular formula is C15H15F2NO3. The molecule has 0 amide bonds. The quantitative estimate of drug-likeness (QED) is 0.861. The van der Waals surface area contributed by atoms with Crippen LogP contribution in [0.4, 0.5) is 8.78 Å². The van der Waals surface area contributed by atoms with Crippen LogP contribution in [0.25, 0.3) is 0 Å². The molecule has 0 saturated heterocycles. The third-order valence-electron chi connectivity index (χ3n) is 3.06. The summed E-state index contributed by atoms with van der Waals surface area (Å²) in [5, 5.41) is 3.00. The van der Waals surface area contributed by atoms with E-state index in [-0.39, 0.29) is 17.9 Å². The Balaban J connectivity index is 2.00. The zero-order chi connectivity index (χ0) is 15.4. The van der Waals surface area contributed by atoms with Crippen LogP contribution in [0.3, 0.4) is 0 Å². The summed E-state index contributed by atoms with van der Waals surface area (Å²) in [6.07, 6.45) is 0. The molecule has 0 aliphatic carbocycles. The van der Waals surface area contributed by atoms with Gasteiger partial charge < -0.3 is 14.5 Å². The van der Waals surface area contributed by atoms with E-state index < -0.39 is 23.6 Å². The van der Waals surface area contributed by atoms with Crippen molar-refractivity contribution in [3.8, 4) is 0 Å². The maximum atomic E-state index is 13.6. The summed E-state index contributed by atoms with van der Waals surface area (Å²) in [6, 6.07) is 6.01. The Hall–Kier alpha value is -2.21. The van der Waals surface area contributed by atoms with Crippen molar-refractivity contribution in [2.75, 3.05) is 7.11 Å². The number of hydrogen-bond donors (Lipinski definition) is 1. The Kier molecular flexibility index (Phi) is 4.70. The molecule has 0 radical (unpaired) electrons. The SMILES string of the molecule is COC(=O)c1ccc(CNC(C)c2cc(F)ccc2F)o1. The standard InChI is InChI=1S/C15H15F2NO3/c1-9(12-7-10(16)3-5-13(12)17)18-8-11-4-6-14(21-11)15(19)20-2/h3-7,9,18H,8H2,1-2H3. The molecule has 1 N–H and O–H groups in total. The molecule has 0 aliphatic rings. The van der Waals surface area contributed by atoms with Crippen molar-refractivity contribution in [3.63, 3.8) is 0 Å². The van der Waals surface area contributed by atoms with E-state index in [1.807, 2.05) is 0 Å². The number of carbonyl (C=O) groups excluding carboxylic acids is 1. The largest absolute Gasteiger partial charge is 0.463 e. The number of furan rings is 1. The first-order chi connectivity index (χ1) is 10.0. The Bertz CT molecular complexity index is 640.